The molecule has 2 aromatic rings. The zero-order chi connectivity index (χ0) is 20.2. The van der Waals surface area contributed by atoms with Crippen LogP contribution in [0.4, 0.5) is 5.69 Å². The van der Waals surface area contributed by atoms with E-state index in [1.807, 2.05) is 0 Å². The second kappa shape index (κ2) is 9.61. The summed E-state index contributed by atoms with van der Waals surface area (Å²) in [6.07, 6.45) is 2.77. The van der Waals surface area contributed by atoms with Gasteiger partial charge in [0.2, 0.25) is 0 Å². The molecule has 0 radical (unpaired) electrons. The topological polar surface area (TPSA) is 54.5 Å². The molecule has 2 rings (SSSR count). The first-order valence-corrected chi connectivity index (χ1v) is 12.5. The van der Waals surface area contributed by atoms with Crippen LogP contribution in [0.25, 0.3) is 0 Å². The number of hydrogen-bond donors (Lipinski definition) is 0. The molecule has 0 saturated carbocycles. The molecule has 0 N–H and O–H groups in total. The van der Waals surface area contributed by atoms with Gasteiger partial charge in [0.15, 0.2) is 0 Å². The van der Waals surface area contributed by atoms with Crippen LogP contribution in [0.15, 0.2) is 47.4 Å². The van der Waals surface area contributed by atoms with Crippen molar-refractivity contribution in [3.63, 3.8) is 0 Å². The lowest BCUT2D eigenvalue weighted by molar-refractivity contribution is 0.569. The molecule has 0 aliphatic rings. The summed E-state index contributed by atoms with van der Waals surface area (Å²) in [4.78, 5) is 0.105. The van der Waals surface area contributed by atoms with Gasteiger partial charge in [-0.05, 0) is 62.2 Å². The molecule has 0 fully saturated rings. The zero-order valence-electron chi connectivity index (χ0n) is 14.9. The van der Waals surface area contributed by atoms with Crippen molar-refractivity contribution in [2.24, 2.45) is 0 Å². The fourth-order valence-corrected chi connectivity index (χ4v) is 5.50. The molecule has 0 bridgehead atoms. The summed E-state index contributed by atoms with van der Waals surface area (Å²) in [6.45, 7) is 1.79. The largest absolute Gasteiger partial charge is 0.264 e. The first-order valence-electron chi connectivity index (χ1n) is 8.18. The predicted octanol–water partition coefficient (Wildman–Crippen LogP) is 5.39. The van der Waals surface area contributed by atoms with Crippen molar-refractivity contribution in [1.29, 1.82) is 0 Å². The molecule has 27 heavy (non-hydrogen) atoms. The summed E-state index contributed by atoms with van der Waals surface area (Å²) in [7, 11) is -4.84. The quantitative estimate of drug-likeness (QED) is 0.522. The lowest BCUT2D eigenvalue weighted by Crippen LogP contribution is -2.39. The Kier molecular flexibility index (Phi) is 8.01. The third-order valence-corrected chi connectivity index (χ3v) is 7.58. The van der Waals surface area contributed by atoms with Gasteiger partial charge >= 0.3 is 0 Å². The van der Waals surface area contributed by atoms with Gasteiger partial charge in [-0.1, -0.05) is 34.8 Å². The highest BCUT2D eigenvalue weighted by molar-refractivity contribution is 7.92. The minimum absolute atomic E-state index is 0.105. The van der Waals surface area contributed by atoms with Gasteiger partial charge in [0, 0.05) is 38.9 Å². The van der Waals surface area contributed by atoms with Crippen LogP contribution in [0, 0.1) is 0 Å². The van der Waals surface area contributed by atoms with E-state index >= 15 is 0 Å². The number of halogens is 3. The van der Waals surface area contributed by atoms with Gasteiger partial charge < -0.3 is 0 Å². The fourth-order valence-electron chi connectivity index (χ4n) is 2.68. The van der Waals surface area contributed by atoms with Gasteiger partial charge in [-0.25, -0.2) is 8.42 Å². The molecule has 2 aromatic carbocycles. The normalized spacial score (nSPS) is 14.0. The molecule has 0 aliphatic carbocycles. The lowest BCUT2D eigenvalue weighted by Gasteiger charge is -2.31. The molecule has 0 spiro atoms. The molecule has 148 valence electrons. The third-order valence-electron chi connectivity index (χ3n) is 3.97. The molecule has 0 heterocycles. The second-order valence-electron chi connectivity index (χ2n) is 6.12. The molecule has 0 amide bonds. The van der Waals surface area contributed by atoms with Gasteiger partial charge in [-0.2, -0.15) is 0 Å². The summed E-state index contributed by atoms with van der Waals surface area (Å²) in [5.74, 6) is 0.502. The maximum Gasteiger partial charge on any atom is 0.264 e. The summed E-state index contributed by atoms with van der Waals surface area (Å²) in [6, 6.07) is 10.3. The van der Waals surface area contributed by atoms with E-state index in [0.29, 0.717) is 34.3 Å². The Morgan fingerprint density at radius 2 is 1.63 bits per heavy atom. The van der Waals surface area contributed by atoms with E-state index in [2.05, 4.69) is 0 Å². The summed E-state index contributed by atoms with van der Waals surface area (Å²) in [5, 5.41) is 1.11. The average molecular weight is 469 g/mol. The standard InChI is InChI=1S/C18H20Cl3NO3S2/c1-13(4-3-11-26(2)23)22(18-12-15(20)7-10-17(18)21)27(24,25)16-8-5-14(19)6-9-16/h5-10,12-13H,3-4,11H2,1-2H3/t13-,26?/m1/s1. The molecule has 2 atom stereocenters. The molecular formula is C18H20Cl3NO3S2. The fraction of sp³-hybridized carbons (Fsp3) is 0.333. The Balaban J connectivity index is 2.50. The van der Waals surface area contributed by atoms with E-state index in [1.54, 1.807) is 25.3 Å². The van der Waals surface area contributed by atoms with Gasteiger partial charge in [0.05, 0.1) is 15.6 Å². The Morgan fingerprint density at radius 1 is 1.04 bits per heavy atom. The average Bonchev–Trinajstić information content (AvgIpc) is 2.58. The van der Waals surface area contributed by atoms with Crippen LogP contribution in [0.1, 0.15) is 19.8 Å². The number of hydrogen-bond acceptors (Lipinski definition) is 3. The molecule has 0 saturated heterocycles. The highest BCUT2D eigenvalue weighted by atomic mass is 35.5. The number of anilines is 1. The Labute approximate surface area is 177 Å². The van der Waals surface area contributed by atoms with Crippen LogP contribution in [-0.4, -0.2) is 30.7 Å². The smallest absolute Gasteiger partial charge is 0.262 e. The maximum atomic E-state index is 13.4. The summed E-state index contributed by atoms with van der Waals surface area (Å²) in [5.41, 5.74) is 0.309. The first kappa shape index (κ1) is 22.5. The Bertz CT molecular complexity index is 918. The monoisotopic (exact) mass is 467 g/mol. The van der Waals surface area contributed by atoms with Crippen LogP contribution in [0.2, 0.25) is 15.1 Å². The van der Waals surface area contributed by atoms with Crippen molar-refractivity contribution in [2.45, 2.75) is 30.7 Å². The van der Waals surface area contributed by atoms with Crippen molar-refractivity contribution in [2.75, 3.05) is 16.3 Å². The zero-order valence-corrected chi connectivity index (χ0v) is 18.8. The van der Waals surface area contributed by atoms with E-state index in [4.69, 9.17) is 34.8 Å². The summed E-state index contributed by atoms with van der Waals surface area (Å²) < 4.78 is 39.4. The van der Waals surface area contributed by atoms with Crippen molar-refractivity contribution in [3.8, 4) is 0 Å². The first-order chi connectivity index (χ1) is 12.6. The predicted molar refractivity (Wildman–Crippen MR) is 115 cm³/mol. The molecule has 0 aromatic heterocycles. The second-order valence-corrected chi connectivity index (χ2v) is 10.8. The molecule has 1 unspecified atom stereocenters. The minimum atomic E-state index is -3.90. The van der Waals surface area contributed by atoms with E-state index in [0.717, 1.165) is 0 Å². The number of rotatable bonds is 8. The number of nitrogens with zero attached hydrogens (tertiary/aromatic N) is 1. The van der Waals surface area contributed by atoms with Crippen molar-refractivity contribution >= 4 is 61.3 Å². The van der Waals surface area contributed by atoms with E-state index in [9.17, 15) is 12.6 Å². The lowest BCUT2D eigenvalue weighted by atomic mass is 10.2. The van der Waals surface area contributed by atoms with Crippen molar-refractivity contribution in [3.05, 3.63) is 57.5 Å². The van der Waals surface area contributed by atoms with Crippen LogP contribution < -0.4 is 4.31 Å². The summed E-state index contributed by atoms with van der Waals surface area (Å²) >= 11 is 18.3. The van der Waals surface area contributed by atoms with Gasteiger partial charge in [0.1, 0.15) is 0 Å². The molecule has 4 nitrogen and oxygen atoms in total. The van der Waals surface area contributed by atoms with Crippen molar-refractivity contribution < 1.29 is 12.6 Å². The number of sulfonamides is 1. The maximum absolute atomic E-state index is 13.4. The Morgan fingerprint density at radius 3 is 2.22 bits per heavy atom. The Hall–Kier alpha value is -0.790. The molecular weight excluding hydrogens is 449 g/mol. The third kappa shape index (κ3) is 5.84. The van der Waals surface area contributed by atoms with Gasteiger partial charge in [-0.15, -0.1) is 0 Å². The van der Waals surface area contributed by atoms with E-state index < -0.39 is 26.9 Å². The molecule has 9 heteroatoms. The van der Waals surface area contributed by atoms with Crippen LogP contribution in [0.5, 0.6) is 0 Å². The van der Waals surface area contributed by atoms with E-state index in [1.165, 1.54) is 34.6 Å². The van der Waals surface area contributed by atoms with Crippen molar-refractivity contribution in [1.82, 2.24) is 0 Å². The minimum Gasteiger partial charge on any atom is -0.262 e. The van der Waals surface area contributed by atoms with E-state index in [-0.39, 0.29) is 9.92 Å². The van der Waals surface area contributed by atoms with Gasteiger partial charge in [-0.3, -0.25) is 8.51 Å². The van der Waals surface area contributed by atoms with Gasteiger partial charge in [0.25, 0.3) is 10.0 Å². The SMILES string of the molecule is C[C@H](CCCS(C)=O)N(c1cc(Cl)ccc1Cl)S(=O)(=O)c1ccc(Cl)cc1. The van der Waals surface area contributed by atoms with Crippen LogP contribution in [0.3, 0.4) is 0 Å². The highest BCUT2D eigenvalue weighted by Crippen LogP contribution is 2.35. The highest BCUT2D eigenvalue weighted by Gasteiger charge is 2.31. The van der Waals surface area contributed by atoms with Crippen LogP contribution in [-0.2, 0) is 20.8 Å². The number of benzene rings is 2. The van der Waals surface area contributed by atoms with Crippen LogP contribution >= 0.6 is 34.8 Å². The molecule has 0 aliphatic heterocycles.